The molecule has 4 fully saturated rings. The van der Waals surface area contributed by atoms with Crippen LogP contribution < -0.4 is 9.64 Å². The van der Waals surface area contributed by atoms with Crippen LogP contribution in [-0.2, 0) is 27.1 Å². The molecule has 1 aliphatic heterocycles. The molecule has 0 N–H and O–H groups in total. The van der Waals surface area contributed by atoms with Crippen molar-refractivity contribution in [1.29, 1.82) is 0 Å². The van der Waals surface area contributed by atoms with Crippen LogP contribution in [0.15, 0.2) is 103 Å². The molecule has 5 aromatic rings. The Morgan fingerprint density at radius 2 is 1.00 bits per heavy atom. The molecule has 7 aliphatic rings. The number of fused-ring (bicyclic) bond motifs is 4. The molecule has 0 saturated heterocycles. The standard InChI is InChI=1S/C56H63NO/c1-52(2)25-27-54(5,6)49-43(52)18-13-21-46(49)57(47-22-14-19-44-50(47)55(7,8)28-26-53(44,3)4)40-23-24-42-48(34-40)58-51-41(37-15-10-9-11-16-37)17-12-20-45(51)56(42)38-30-35-29-36(32-38)33-39(56)31-35/h9-24,34-36,38-39H,25-33H2,1-8H3. The highest BCUT2D eigenvalue weighted by Crippen LogP contribution is 2.70. The largest absolute Gasteiger partial charge is 0.456 e. The van der Waals surface area contributed by atoms with Gasteiger partial charge >= 0.3 is 0 Å². The first-order valence-electron chi connectivity index (χ1n) is 22.8. The molecule has 5 aromatic carbocycles. The van der Waals surface area contributed by atoms with Crippen LogP contribution in [0.2, 0.25) is 0 Å². The monoisotopic (exact) mass is 765 g/mol. The number of nitrogens with zero attached hydrogens (tertiary/aromatic N) is 1. The molecule has 1 heterocycles. The molecule has 6 aliphatic carbocycles. The lowest BCUT2D eigenvalue weighted by molar-refractivity contribution is -0.0451. The molecule has 4 saturated carbocycles. The predicted octanol–water partition coefficient (Wildman–Crippen LogP) is 15.4. The van der Waals surface area contributed by atoms with Crippen molar-refractivity contribution in [3.8, 4) is 22.6 Å². The van der Waals surface area contributed by atoms with Crippen LogP contribution in [-0.4, -0.2) is 0 Å². The highest BCUT2D eigenvalue weighted by molar-refractivity contribution is 5.85. The molecular formula is C56H63NO. The minimum atomic E-state index is -0.0274. The number of hydrogen-bond donors (Lipinski definition) is 0. The number of hydrogen-bond acceptors (Lipinski definition) is 2. The SMILES string of the molecule is CC1(C)CCC(C)(C)c2c(N(c3ccc4c(c3)Oc3c(-c5ccccc5)cccc3C43C4CC5CC(C4)CC3C5)c3cccc4c3C(C)(C)CCC4(C)C)cccc21. The Hall–Kier alpha value is -4.30. The fourth-order valence-electron chi connectivity index (χ4n) is 14.1. The smallest absolute Gasteiger partial charge is 0.139 e. The lowest BCUT2D eigenvalue weighted by Gasteiger charge is -2.63. The number of anilines is 3. The van der Waals surface area contributed by atoms with Crippen molar-refractivity contribution in [3.05, 3.63) is 137 Å². The van der Waals surface area contributed by atoms with E-state index in [1.165, 1.54) is 119 Å². The van der Waals surface area contributed by atoms with Gasteiger partial charge in [0, 0.05) is 33.9 Å². The Kier molecular flexibility index (Phi) is 7.84. The molecule has 58 heavy (non-hydrogen) atoms. The van der Waals surface area contributed by atoms with Crippen molar-refractivity contribution in [1.82, 2.24) is 0 Å². The minimum Gasteiger partial charge on any atom is -0.456 e. The zero-order valence-electron chi connectivity index (χ0n) is 36.3. The maximum Gasteiger partial charge on any atom is 0.139 e. The van der Waals surface area contributed by atoms with E-state index in [2.05, 4.69) is 163 Å². The van der Waals surface area contributed by atoms with Gasteiger partial charge in [-0.2, -0.15) is 0 Å². The number of rotatable bonds is 4. The van der Waals surface area contributed by atoms with Crippen LogP contribution >= 0.6 is 0 Å². The van der Waals surface area contributed by atoms with Gasteiger partial charge in [0.2, 0.25) is 0 Å². The first-order valence-corrected chi connectivity index (χ1v) is 22.8. The van der Waals surface area contributed by atoms with Crippen molar-refractivity contribution >= 4 is 17.1 Å². The maximum absolute atomic E-state index is 7.50. The van der Waals surface area contributed by atoms with E-state index in [0.29, 0.717) is 11.8 Å². The lowest BCUT2D eigenvalue weighted by atomic mass is 9.41. The highest BCUT2D eigenvalue weighted by atomic mass is 16.5. The number of benzene rings is 5. The van der Waals surface area contributed by atoms with Crippen molar-refractivity contribution in [2.45, 2.75) is 140 Å². The third-order valence-electron chi connectivity index (χ3n) is 17.0. The van der Waals surface area contributed by atoms with Crippen molar-refractivity contribution in [3.63, 3.8) is 0 Å². The molecule has 298 valence electrons. The summed E-state index contributed by atoms with van der Waals surface area (Å²) in [5, 5.41) is 0. The molecule has 0 amide bonds. The van der Waals surface area contributed by atoms with Gasteiger partial charge in [0.05, 0.1) is 11.4 Å². The van der Waals surface area contributed by atoms with Gasteiger partial charge in [0.15, 0.2) is 0 Å². The molecule has 2 nitrogen and oxygen atoms in total. The van der Waals surface area contributed by atoms with Crippen LogP contribution in [0.3, 0.4) is 0 Å². The fourth-order valence-corrected chi connectivity index (χ4v) is 14.1. The molecule has 0 atom stereocenters. The molecule has 0 radical (unpaired) electrons. The molecule has 12 rings (SSSR count). The summed E-state index contributed by atoms with van der Waals surface area (Å²) < 4.78 is 7.50. The summed E-state index contributed by atoms with van der Waals surface area (Å²) in [6.07, 6.45) is 11.6. The van der Waals surface area contributed by atoms with Crippen molar-refractivity contribution in [2.75, 3.05) is 4.90 Å². The molecule has 0 aromatic heterocycles. The van der Waals surface area contributed by atoms with E-state index in [4.69, 9.17) is 4.74 Å². The summed E-state index contributed by atoms with van der Waals surface area (Å²) in [4.78, 5) is 2.69. The Labute approximate surface area is 348 Å². The topological polar surface area (TPSA) is 12.5 Å². The van der Waals surface area contributed by atoms with Gasteiger partial charge < -0.3 is 9.64 Å². The van der Waals surface area contributed by atoms with E-state index in [1.54, 1.807) is 0 Å². The first-order chi connectivity index (χ1) is 27.7. The van der Waals surface area contributed by atoms with Crippen molar-refractivity contribution in [2.24, 2.45) is 23.7 Å². The van der Waals surface area contributed by atoms with Crippen molar-refractivity contribution < 1.29 is 4.74 Å². The van der Waals surface area contributed by atoms with E-state index in [-0.39, 0.29) is 27.1 Å². The molecule has 0 unspecified atom stereocenters. The van der Waals surface area contributed by atoms with E-state index < -0.39 is 0 Å². The summed E-state index contributed by atoms with van der Waals surface area (Å²) in [5.41, 5.74) is 15.5. The quantitative estimate of drug-likeness (QED) is 0.181. The number of para-hydroxylation sites is 1. The van der Waals surface area contributed by atoms with Gasteiger partial charge in [-0.1, -0.05) is 134 Å². The summed E-state index contributed by atoms with van der Waals surface area (Å²) in [6, 6.07) is 40.0. The average molecular weight is 766 g/mol. The van der Waals surface area contributed by atoms with Crippen LogP contribution in [0, 0.1) is 23.7 Å². The van der Waals surface area contributed by atoms with E-state index in [0.717, 1.165) is 23.3 Å². The van der Waals surface area contributed by atoms with Gasteiger partial charge in [-0.05, 0) is 149 Å². The van der Waals surface area contributed by atoms with Crippen LogP contribution in [0.4, 0.5) is 17.1 Å². The van der Waals surface area contributed by atoms with Gasteiger partial charge in [0.25, 0.3) is 0 Å². The Bertz CT molecular complexity index is 2350. The lowest BCUT2D eigenvalue weighted by Crippen LogP contribution is -2.57. The zero-order chi connectivity index (χ0) is 40.0. The van der Waals surface area contributed by atoms with Crippen LogP contribution in [0.25, 0.3) is 11.1 Å². The van der Waals surface area contributed by atoms with Crippen LogP contribution in [0.1, 0.15) is 147 Å². The Morgan fingerprint density at radius 1 is 0.483 bits per heavy atom. The zero-order valence-corrected chi connectivity index (χ0v) is 36.3. The molecule has 1 spiro atoms. The molecular weight excluding hydrogens is 703 g/mol. The third kappa shape index (κ3) is 5.15. The average Bonchev–Trinajstić information content (AvgIpc) is 3.20. The van der Waals surface area contributed by atoms with Gasteiger partial charge in [-0.25, -0.2) is 0 Å². The fraction of sp³-hybridized carbons (Fsp3) is 0.464. The Balaban J connectivity index is 1.19. The first kappa shape index (κ1) is 36.8. The van der Waals surface area contributed by atoms with Crippen LogP contribution in [0.5, 0.6) is 11.5 Å². The van der Waals surface area contributed by atoms with Gasteiger partial charge in [0.1, 0.15) is 11.5 Å². The van der Waals surface area contributed by atoms with E-state index in [9.17, 15) is 0 Å². The second kappa shape index (κ2) is 12.4. The summed E-state index contributed by atoms with van der Waals surface area (Å²) in [5.74, 6) is 5.21. The third-order valence-corrected chi connectivity index (χ3v) is 17.0. The molecule has 2 heteroatoms. The second-order valence-electron chi connectivity index (χ2n) is 22.3. The summed E-state index contributed by atoms with van der Waals surface area (Å²) >= 11 is 0. The maximum atomic E-state index is 7.50. The minimum absolute atomic E-state index is 0.0274. The normalized spacial score (nSPS) is 28.5. The predicted molar refractivity (Wildman–Crippen MR) is 241 cm³/mol. The van der Waals surface area contributed by atoms with Gasteiger partial charge in [-0.3, -0.25) is 0 Å². The molecule has 4 bridgehead atoms. The Morgan fingerprint density at radius 3 is 1.57 bits per heavy atom. The van der Waals surface area contributed by atoms with Gasteiger partial charge in [-0.15, -0.1) is 0 Å². The number of ether oxygens (including phenoxy) is 1. The van der Waals surface area contributed by atoms with E-state index >= 15 is 0 Å². The second-order valence-corrected chi connectivity index (χ2v) is 22.3. The highest BCUT2D eigenvalue weighted by Gasteiger charge is 2.61. The summed E-state index contributed by atoms with van der Waals surface area (Å²) in [7, 11) is 0. The summed E-state index contributed by atoms with van der Waals surface area (Å²) in [6.45, 7) is 19.8. The van der Waals surface area contributed by atoms with E-state index in [1.807, 2.05) is 0 Å².